The van der Waals surface area contributed by atoms with Crippen LogP contribution in [0.1, 0.15) is 41.2 Å². The molecule has 2 aromatic heterocycles. The maximum atomic E-state index is 13.1. The van der Waals surface area contributed by atoms with Crippen LogP contribution < -0.4 is 0 Å². The number of pyridine rings is 1. The van der Waals surface area contributed by atoms with E-state index in [0.717, 1.165) is 37.1 Å². The van der Waals surface area contributed by atoms with E-state index in [9.17, 15) is 4.79 Å². The van der Waals surface area contributed by atoms with Gasteiger partial charge < -0.3 is 4.90 Å². The van der Waals surface area contributed by atoms with E-state index in [2.05, 4.69) is 16.1 Å². The number of piperidine rings is 1. The summed E-state index contributed by atoms with van der Waals surface area (Å²) in [5.41, 5.74) is 2.68. The Morgan fingerprint density at radius 1 is 1.04 bits per heavy atom. The Labute approximate surface area is 146 Å². The van der Waals surface area contributed by atoms with Crippen LogP contribution in [0.4, 0.5) is 0 Å². The van der Waals surface area contributed by atoms with Gasteiger partial charge in [-0.3, -0.25) is 9.78 Å². The van der Waals surface area contributed by atoms with Gasteiger partial charge in [-0.05, 0) is 43.0 Å². The average Bonchev–Trinajstić information content (AvgIpc) is 3.19. The van der Waals surface area contributed by atoms with Crippen LogP contribution in [0, 0.1) is 0 Å². The van der Waals surface area contributed by atoms with Crippen molar-refractivity contribution in [3.05, 3.63) is 78.4 Å². The lowest BCUT2D eigenvalue weighted by atomic mass is 9.96. The minimum Gasteiger partial charge on any atom is -0.331 e. The first kappa shape index (κ1) is 15.6. The van der Waals surface area contributed by atoms with Crippen molar-refractivity contribution < 1.29 is 4.79 Å². The van der Waals surface area contributed by atoms with Gasteiger partial charge in [0.25, 0.3) is 5.91 Å². The summed E-state index contributed by atoms with van der Waals surface area (Å²) in [5.74, 6) is 0.0377. The fraction of sp³-hybridized carbons (Fsp3) is 0.250. The van der Waals surface area contributed by atoms with Crippen LogP contribution in [-0.2, 0) is 0 Å². The number of likely N-dealkylation sites (tertiary alicyclic amines) is 1. The summed E-state index contributed by atoms with van der Waals surface area (Å²) in [6.07, 6.45) is 10.2. The van der Waals surface area contributed by atoms with E-state index in [4.69, 9.17) is 0 Å². The molecule has 0 spiro atoms. The van der Waals surface area contributed by atoms with Crippen LogP contribution in [0.2, 0.25) is 0 Å². The maximum absolute atomic E-state index is 13.1. The van der Waals surface area contributed by atoms with Crippen molar-refractivity contribution in [2.24, 2.45) is 0 Å². The highest BCUT2D eigenvalue weighted by atomic mass is 16.2. The molecule has 126 valence electrons. The molecule has 1 amide bonds. The second-order valence-electron chi connectivity index (χ2n) is 6.31. The summed E-state index contributed by atoms with van der Waals surface area (Å²) in [5, 5.41) is 4.36. The standard InChI is InChI=1S/C20H20N4O/c25-20(17-14-22-24(15-17)18-8-2-1-3-9-18)23-12-5-4-10-19(23)16-7-6-11-21-13-16/h1-3,6-9,11,13-15,19H,4-5,10,12H2. The highest BCUT2D eigenvalue weighted by Crippen LogP contribution is 2.31. The fourth-order valence-corrected chi connectivity index (χ4v) is 3.42. The molecular weight excluding hydrogens is 312 g/mol. The molecule has 5 nitrogen and oxygen atoms in total. The Morgan fingerprint density at radius 3 is 2.72 bits per heavy atom. The van der Waals surface area contributed by atoms with Gasteiger partial charge in [-0.25, -0.2) is 4.68 Å². The number of hydrogen-bond acceptors (Lipinski definition) is 3. The SMILES string of the molecule is O=C(c1cnn(-c2ccccc2)c1)N1CCCCC1c1cccnc1. The normalized spacial score (nSPS) is 17.4. The molecule has 1 fully saturated rings. The number of carbonyl (C=O) groups is 1. The average molecular weight is 332 g/mol. The molecule has 0 aliphatic carbocycles. The first-order valence-electron chi connectivity index (χ1n) is 8.64. The van der Waals surface area contributed by atoms with Gasteiger partial charge in [0.15, 0.2) is 0 Å². The summed E-state index contributed by atoms with van der Waals surface area (Å²) in [7, 11) is 0. The van der Waals surface area contributed by atoms with Crippen molar-refractivity contribution in [2.75, 3.05) is 6.54 Å². The second kappa shape index (κ2) is 6.89. The molecule has 0 bridgehead atoms. The molecule has 1 aromatic carbocycles. The fourth-order valence-electron chi connectivity index (χ4n) is 3.42. The zero-order chi connectivity index (χ0) is 17.1. The van der Waals surface area contributed by atoms with Crippen molar-refractivity contribution in [3.63, 3.8) is 0 Å². The summed E-state index contributed by atoms with van der Waals surface area (Å²) in [4.78, 5) is 19.3. The lowest BCUT2D eigenvalue weighted by molar-refractivity contribution is 0.0611. The zero-order valence-corrected chi connectivity index (χ0v) is 14.0. The highest BCUT2D eigenvalue weighted by molar-refractivity contribution is 5.94. The number of para-hydroxylation sites is 1. The number of hydrogen-bond donors (Lipinski definition) is 0. The van der Waals surface area contributed by atoms with Crippen molar-refractivity contribution in [1.82, 2.24) is 19.7 Å². The van der Waals surface area contributed by atoms with Crippen molar-refractivity contribution in [1.29, 1.82) is 0 Å². The third-order valence-corrected chi connectivity index (χ3v) is 4.68. The van der Waals surface area contributed by atoms with E-state index in [0.29, 0.717) is 5.56 Å². The Bertz CT molecular complexity index is 844. The minimum atomic E-state index is 0.0377. The van der Waals surface area contributed by atoms with Crippen LogP contribution in [0.5, 0.6) is 0 Å². The topological polar surface area (TPSA) is 51.0 Å². The van der Waals surface area contributed by atoms with Gasteiger partial charge in [0, 0.05) is 25.1 Å². The lowest BCUT2D eigenvalue weighted by Gasteiger charge is -2.35. The van der Waals surface area contributed by atoms with Crippen LogP contribution in [-0.4, -0.2) is 32.1 Å². The number of aromatic nitrogens is 3. The first-order valence-corrected chi connectivity index (χ1v) is 8.64. The number of nitrogens with zero attached hydrogens (tertiary/aromatic N) is 4. The highest BCUT2D eigenvalue weighted by Gasteiger charge is 2.29. The Balaban J connectivity index is 1.60. The van der Waals surface area contributed by atoms with E-state index < -0.39 is 0 Å². The van der Waals surface area contributed by atoms with Gasteiger partial charge in [-0.1, -0.05) is 24.3 Å². The largest absolute Gasteiger partial charge is 0.331 e. The summed E-state index contributed by atoms with van der Waals surface area (Å²) in [6, 6.07) is 13.9. The molecule has 1 aliphatic rings. The van der Waals surface area contributed by atoms with Crippen molar-refractivity contribution in [2.45, 2.75) is 25.3 Å². The molecule has 3 heterocycles. The zero-order valence-electron chi connectivity index (χ0n) is 14.0. The van der Waals surface area contributed by atoms with Crippen LogP contribution in [0.15, 0.2) is 67.3 Å². The van der Waals surface area contributed by atoms with Crippen molar-refractivity contribution in [3.8, 4) is 5.69 Å². The van der Waals surface area contributed by atoms with Crippen LogP contribution in [0.3, 0.4) is 0 Å². The molecule has 0 radical (unpaired) electrons. The van der Waals surface area contributed by atoms with Crippen molar-refractivity contribution >= 4 is 5.91 Å². The predicted octanol–water partition coefficient (Wildman–Crippen LogP) is 3.63. The molecule has 4 rings (SSSR count). The molecule has 1 unspecified atom stereocenters. The third kappa shape index (κ3) is 3.18. The smallest absolute Gasteiger partial charge is 0.257 e. The number of amides is 1. The predicted molar refractivity (Wildman–Crippen MR) is 95.4 cm³/mol. The lowest BCUT2D eigenvalue weighted by Crippen LogP contribution is -2.38. The van der Waals surface area contributed by atoms with Gasteiger partial charge in [-0.15, -0.1) is 0 Å². The van der Waals surface area contributed by atoms with Crippen LogP contribution in [0.25, 0.3) is 5.69 Å². The van der Waals surface area contributed by atoms with E-state index in [1.54, 1.807) is 17.1 Å². The molecule has 1 saturated heterocycles. The van der Waals surface area contributed by atoms with Gasteiger partial charge >= 0.3 is 0 Å². The third-order valence-electron chi connectivity index (χ3n) is 4.68. The van der Waals surface area contributed by atoms with E-state index >= 15 is 0 Å². The maximum Gasteiger partial charge on any atom is 0.257 e. The van der Waals surface area contributed by atoms with Gasteiger partial charge in [-0.2, -0.15) is 5.10 Å². The molecular formula is C20H20N4O. The molecule has 1 atom stereocenters. The molecule has 25 heavy (non-hydrogen) atoms. The Hall–Kier alpha value is -2.95. The number of carbonyl (C=O) groups excluding carboxylic acids is 1. The van der Waals surface area contributed by atoms with E-state index in [-0.39, 0.29) is 11.9 Å². The first-order chi connectivity index (χ1) is 12.3. The van der Waals surface area contributed by atoms with Crippen LogP contribution >= 0.6 is 0 Å². The second-order valence-corrected chi connectivity index (χ2v) is 6.31. The van der Waals surface area contributed by atoms with Gasteiger partial charge in [0.05, 0.1) is 23.5 Å². The summed E-state index contributed by atoms with van der Waals surface area (Å²) < 4.78 is 1.75. The Kier molecular flexibility index (Phi) is 4.29. The minimum absolute atomic E-state index is 0.0377. The molecule has 0 saturated carbocycles. The van der Waals surface area contributed by atoms with E-state index in [1.165, 1.54) is 0 Å². The molecule has 5 heteroatoms. The molecule has 0 N–H and O–H groups in total. The monoisotopic (exact) mass is 332 g/mol. The number of benzene rings is 1. The summed E-state index contributed by atoms with van der Waals surface area (Å²) >= 11 is 0. The van der Waals surface area contributed by atoms with E-state index in [1.807, 2.05) is 53.7 Å². The van der Waals surface area contributed by atoms with Gasteiger partial charge in [0.2, 0.25) is 0 Å². The molecule has 1 aliphatic heterocycles. The Morgan fingerprint density at radius 2 is 1.92 bits per heavy atom. The molecule has 3 aromatic rings. The number of rotatable bonds is 3. The summed E-state index contributed by atoms with van der Waals surface area (Å²) in [6.45, 7) is 0.773. The quantitative estimate of drug-likeness (QED) is 0.736. The van der Waals surface area contributed by atoms with Gasteiger partial charge in [0.1, 0.15) is 0 Å².